The second-order valence-corrected chi connectivity index (χ2v) is 18.6. The summed E-state index contributed by atoms with van der Waals surface area (Å²) in [4.78, 5) is 42.2. The molecule has 3 aliphatic heterocycles. The van der Waals surface area contributed by atoms with Gasteiger partial charge in [-0.3, -0.25) is 14.3 Å². The molecule has 0 bridgehead atoms. The average molecular weight is 731 g/mol. The molecule has 4 heterocycles. The summed E-state index contributed by atoms with van der Waals surface area (Å²) in [6, 6.07) is 23.4. The van der Waals surface area contributed by atoms with Crippen molar-refractivity contribution >= 4 is 47.4 Å². The number of aromatic nitrogens is 3. The fraction of sp³-hybridized carbons (Fsp3) is 0.389. The van der Waals surface area contributed by atoms with Gasteiger partial charge in [-0.1, -0.05) is 70.5 Å². The lowest BCUT2D eigenvalue weighted by Gasteiger charge is -2.32. The fourth-order valence-corrected chi connectivity index (χ4v) is 10.9. The Kier molecular flexibility index (Phi) is 8.65. The molecule has 2 fully saturated rings. The highest BCUT2D eigenvalue weighted by atomic mass is 79.9. The molecule has 7 rings (SSSR count). The molecule has 2 amide bonds. The van der Waals surface area contributed by atoms with Crippen molar-refractivity contribution in [3.63, 3.8) is 0 Å². The molecule has 10 nitrogen and oxygen atoms in total. The van der Waals surface area contributed by atoms with Crippen LogP contribution >= 0.6 is 15.9 Å². The molecule has 2 saturated heterocycles. The minimum atomic E-state index is -2.85. The predicted octanol–water partition coefficient (Wildman–Crippen LogP) is 5.34. The fourth-order valence-electron chi connectivity index (χ4n) is 7.97. The van der Waals surface area contributed by atoms with E-state index in [4.69, 9.17) is 4.74 Å². The Morgan fingerprint density at radius 1 is 1.08 bits per heavy atom. The van der Waals surface area contributed by atoms with Crippen LogP contribution in [0.3, 0.4) is 0 Å². The molecule has 1 spiro atoms. The molecule has 4 aromatic rings. The van der Waals surface area contributed by atoms with Crippen LogP contribution < -0.4 is 9.80 Å². The van der Waals surface area contributed by atoms with Gasteiger partial charge in [0.05, 0.1) is 36.6 Å². The van der Waals surface area contributed by atoms with E-state index in [9.17, 15) is 19.5 Å². The van der Waals surface area contributed by atoms with Crippen LogP contribution in [0.2, 0.25) is 18.6 Å². The molecule has 0 radical (unpaired) electrons. The Balaban J connectivity index is 1.17. The lowest BCUT2D eigenvalue weighted by Crippen LogP contribution is -2.46. The van der Waals surface area contributed by atoms with Gasteiger partial charge in [-0.05, 0) is 61.0 Å². The Morgan fingerprint density at radius 3 is 2.56 bits per heavy atom. The van der Waals surface area contributed by atoms with Gasteiger partial charge in [-0.15, -0.1) is 5.10 Å². The van der Waals surface area contributed by atoms with Gasteiger partial charge in [-0.2, -0.15) is 0 Å². The van der Waals surface area contributed by atoms with E-state index in [1.54, 1.807) is 14.5 Å². The number of carbonyl (C=O) groups excluding carboxylic acids is 2. The second-order valence-electron chi connectivity index (χ2n) is 13.7. The lowest BCUT2D eigenvalue weighted by atomic mass is 9.82. The summed E-state index contributed by atoms with van der Waals surface area (Å²) in [5.41, 5.74) is 3.48. The van der Waals surface area contributed by atoms with Crippen molar-refractivity contribution < 1.29 is 24.2 Å². The van der Waals surface area contributed by atoms with Gasteiger partial charge in [0.2, 0.25) is 5.91 Å². The van der Waals surface area contributed by atoms with E-state index in [0.717, 1.165) is 32.5 Å². The molecule has 48 heavy (non-hydrogen) atoms. The highest BCUT2D eigenvalue weighted by Crippen LogP contribution is 2.60. The first-order valence-corrected chi connectivity index (χ1v) is 20.3. The van der Waals surface area contributed by atoms with Gasteiger partial charge >= 0.3 is 0 Å². The average Bonchev–Trinajstić information content (AvgIpc) is 3.71. The molecule has 250 valence electrons. The van der Waals surface area contributed by atoms with Crippen LogP contribution in [-0.2, 0) is 33.0 Å². The van der Waals surface area contributed by atoms with E-state index >= 15 is 0 Å². The van der Waals surface area contributed by atoms with E-state index in [1.165, 1.54) is 0 Å². The van der Waals surface area contributed by atoms with Crippen molar-refractivity contribution in [3.05, 3.63) is 106 Å². The molecule has 1 aromatic heterocycles. The van der Waals surface area contributed by atoms with Crippen LogP contribution in [0.15, 0.2) is 83.5 Å². The lowest BCUT2D eigenvalue weighted by molar-refractivity contribution is -0.146. The minimum absolute atomic E-state index is 0.0882. The number of rotatable bonds is 10. The molecule has 3 aliphatic rings. The van der Waals surface area contributed by atoms with Gasteiger partial charge in [-0.25, -0.2) is 0 Å². The standard InChI is InChI=1S/C36H40BrN5O5Si/c1-23-34(48(2,3)46)32(14-16-40-21-30(38-39-40)28(22-43)25-9-5-4-6-10-25)47-36(23)29-19-26(37)12-13-31(29)42(35(36)45)20-24-8-7-11-27(18-24)41-17-15-33(41)44/h4-13,18-19,21,23,28,32,34,43,46H,14-17,20,22H2,1-3H3/t23-,28?,32+,34-,36+/m1/s1. The Bertz CT molecular complexity index is 1850. The number of hydrogen-bond donors (Lipinski definition) is 2. The highest BCUT2D eigenvalue weighted by Gasteiger charge is 2.66. The molecule has 3 aromatic carbocycles. The molecule has 0 aliphatic carbocycles. The predicted molar refractivity (Wildman–Crippen MR) is 188 cm³/mol. The maximum Gasteiger partial charge on any atom is 0.264 e. The molecule has 2 N–H and O–H groups in total. The van der Waals surface area contributed by atoms with Crippen molar-refractivity contribution in [1.82, 2.24) is 15.0 Å². The van der Waals surface area contributed by atoms with E-state index in [1.807, 2.05) is 99.0 Å². The smallest absolute Gasteiger partial charge is 0.264 e. The van der Waals surface area contributed by atoms with E-state index in [-0.39, 0.29) is 35.8 Å². The van der Waals surface area contributed by atoms with Crippen molar-refractivity contribution in [2.24, 2.45) is 5.92 Å². The number of benzene rings is 3. The summed E-state index contributed by atoms with van der Waals surface area (Å²) in [5.74, 6) is -0.623. The first-order chi connectivity index (χ1) is 23.0. The van der Waals surface area contributed by atoms with E-state index in [0.29, 0.717) is 38.2 Å². The van der Waals surface area contributed by atoms with Crippen molar-refractivity contribution in [3.8, 4) is 0 Å². The van der Waals surface area contributed by atoms with Gasteiger partial charge < -0.3 is 24.4 Å². The van der Waals surface area contributed by atoms with Gasteiger partial charge in [0.15, 0.2) is 13.9 Å². The summed E-state index contributed by atoms with van der Waals surface area (Å²) in [6.45, 7) is 7.29. The summed E-state index contributed by atoms with van der Waals surface area (Å²) in [5, 5.41) is 18.9. The Labute approximate surface area is 289 Å². The molecule has 1 unspecified atom stereocenters. The number of halogens is 1. The third-order valence-corrected chi connectivity index (χ3v) is 13.3. The van der Waals surface area contributed by atoms with Crippen molar-refractivity contribution in [2.75, 3.05) is 23.0 Å². The topological polar surface area (TPSA) is 121 Å². The maximum atomic E-state index is 14.8. The summed E-state index contributed by atoms with van der Waals surface area (Å²) in [6.07, 6.45) is 2.53. The van der Waals surface area contributed by atoms with E-state index < -0.39 is 20.0 Å². The van der Waals surface area contributed by atoms with Crippen LogP contribution in [-0.4, -0.2) is 64.3 Å². The van der Waals surface area contributed by atoms with Gasteiger partial charge in [0.25, 0.3) is 5.91 Å². The number of amides is 2. The first kappa shape index (κ1) is 32.8. The second kappa shape index (κ2) is 12.6. The number of fused-ring (bicyclic) bond motifs is 2. The number of ether oxygens (including phenoxy) is 1. The number of aryl methyl sites for hydroxylation is 1. The zero-order valence-electron chi connectivity index (χ0n) is 27.3. The van der Waals surface area contributed by atoms with E-state index in [2.05, 4.69) is 26.2 Å². The summed E-state index contributed by atoms with van der Waals surface area (Å²) in [7, 11) is -2.85. The first-order valence-electron chi connectivity index (χ1n) is 16.5. The van der Waals surface area contributed by atoms with Crippen LogP contribution in [0.1, 0.15) is 48.1 Å². The number of anilines is 2. The summed E-state index contributed by atoms with van der Waals surface area (Å²) < 4.78 is 9.60. The van der Waals surface area contributed by atoms with Crippen molar-refractivity contribution in [1.29, 1.82) is 0 Å². The number of nitrogens with zero attached hydrogens (tertiary/aromatic N) is 5. The molecule has 12 heteroatoms. The normalized spacial score (nSPS) is 24.3. The number of hydrogen-bond acceptors (Lipinski definition) is 7. The van der Waals surface area contributed by atoms with Crippen LogP contribution in [0.4, 0.5) is 11.4 Å². The Hall–Kier alpha value is -3.68. The number of β-lactam (4-membered cyclic amide) rings is 1. The van der Waals surface area contributed by atoms with Crippen LogP contribution in [0.25, 0.3) is 0 Å². The van der Waals surface area contributed by atoms with Crippen LogP contribution in [0.5, 0.6) is 0 Å². The monoisotopic (exact) mass is 729 g/mol. The summed E-state index contributed by atoms with van der Waals surface area (Å²) >= 11 is 3.64. The number of aliphatic hydroxyl groups excluding tert-OH is 1. The highest BCUT2D eigenvalue weighted by molar-refractivity contribution is 9.10. The quantitative estimate of drug-likeness (QED) is 0.167. The zero-order chi connectivity index (χ0) is 33.8. The van der Waals surface area contributed by atoms with Gasteiger partial charge in [0, 0.05) is 52.9 Å². The molecule has 5 atom stereocenters. The SMILES string of the molecule is C[C@@H]1[C@@H]([Si](C)(C)O)[C@H](CCn2cc(C(CO)c3ccccc3)nn2)O[C@@]12C(=O)N(Cc1cccc(N3CCC3=O)c1)c1ccc(Br)cc12. The minimum Gasteiger partial charge on any atom is -0.432 e. The largest absolute Gasteiger partial charge is 0.432 e. The number of carbonyl (C=O) groups is 2. The van der Waals surface area contributed by atoms with Crippen LogP contribution in [0, 0.1) is 5.92 Å². The molecular weight excluding hydrogens is 690 g/mol. The third kappa shape index (κ3) is 5.63. The molecule has 0 saturated carbocycles. The Morgan fingerprint density at radius 2 is 1.88 bits per heavy atom. The molecular formula is C36H40BrN5O5Si. The van der Waals surface area contributed by atoms with Gasteiger partial charge in [0.1, 0.15) is 0 Å². The maximum absolute atomic E-state index is 14.8. The zero-order valence-corrected chi connectivity index (χ0v) is 29.9. The third-order valence-electron chi connectivity index (χ3n) is 10.3. The number of aliphatic hydroxyl groups is 1. The van der Waals surface area contributed by atoms with Crippen molar-refractivity contribution in [2.45, 2.75) is 69.1 Å².